The molecule has 3 nitrogen and oxygen atoms in total. The number of halogens is 1. The van der Waals surface area contributed by atoms with Crippen molar-refractivity contribution in [2.24, 2.45) is 11.3 Å². The normalized spacial score (nSPS) is 35.6. The third-order valence-electron chi connectivity index (χ3n) is 4.39. The van der Waals surface area contributed by atoms with E-state index in [4.69, 9.17) is 4.74 Å². The average molecular weight is 375 g/mol. The van der Waals surface area contributed by atoms with Gasteiger partial charge in [0.1, 0.15) is 6.10 Å². The lowest BCUT2D eigenvalue weighted by molar-refractivity contribution is -0.125. The number of hydrogen-bond acceptors (Lipinski definition) is 3. The topological polar surface area (TPSA) is 38.3 Å². The van der Waals surface area contributed by atoms with Gasteiger partial charge in [0.25, 0.3) is 0 Å². The van der Waals surface area contributed by atoms with Crippen LogP contribution in [0, 0.1) is 14.2 Å². The maximum atomic E-state index is 12.0. The molecule has 0 saturated heterocycles. The zero-order valence-corrected chi connectivity index (χ0v) is 12.8. The van der Waals surface area contributed by atoms with Gasteiger partial charge in [-0.05, 0) is 53.0 Å². The van der Waals surface area contributed by atoms with Gasteiger partial charge >= 0.3 is 0 Å². The Morgan fingerprint density at radius 3 is 3.11 bits per heavy atom. The Kier molecular flexibility index (Phi) is 2.55. The van der Waals surface area contributed by atoms with Gasteiger partial charge in [0, 0.05) is 17.8 Å². The second kappa shape index (κ2) is 3.93. The van der Waals surface area contributed by atoms with Crippen molar-refractivity contribution in [3.05, 3.63) is 19.4 Å². The number of nitrogens with one attached hydrogen (secondary N) is 1. The molecule has 0 spiro atoms. The van der Waals surface area contributed by atoms with E-state index in [0.717, 1.165) is 25.9 Å². The van der Waals surface area contributed by atoms with Gasteiger partial charge in [-0.3, -0.25) is 4.79 Å². The van der Waals surface area contributed by atoms with Crippen LogP contribution in [0.25, 0.3) is 0 Å². The molecule has 2 saturated carbocycles. The standard InChI is InChI=1S/C13H14INO2S/c14-11-3-8-9(17-2-1-10(8)18-11)6-15-12(16)13-4-7(13)5-13/h3,7,9H,1-2,4-6H2,(H,15,16). The highest BCUT2D eigenvalue weighted by molar-refractivity contribution is 14.1. The highest BCUT2D eigenvalue weighted by Gasteiger charge is 2.74. The molecular formula is C13H14INO2S. The van der Waals surface area contributed by atoms with Crippen molar-refractivity contribution in [3.8, 4) is 0 Å². The first kappa shape index (κ1) is 11.7. The molecule has 18 heavy (non-hydrogen) atoms. The lowest BCUT2D eigenvalue weighted by atomic mass is 10.1. The minimum absolute atomic E-state index is 0.0600. The number of carbonyl (C=O) groups is 1. The van der Waals surface area contributed by atoms with Gasteiger partial charge in [-0.15, -0.1) is 11.3 Å². The summed E-state index contributed by atoms with van der Waals surface area (Å²) in [6.07, 6.45) is 3.31. The fourth-order valence-corrected chi connectivity index (χ4v) is 4.91. The molecule has 1 atom stereocenters. The highest BCUT2D eigenvalue weighted by atomic mass is 127. The minimum Gasteiger partial charge on any atom is -0.371 e. The van der Waals surface area contributed by atoms with Gasteiger partial charge < -0.3 is 10.1 Å². The van der Waals surface area contributed by atoms with E-state index in [-0.39, 0.29) is 17.4 Å². The summed E-state index contributed by atoms with van der Waals surface area (Å²) in [6.45, 7) is 1.41. The van der Waals surface area contributed by atoms with E-state index in [1.807, 2.05) is 11.3 Å². The summed E-state index contributed by atoms with van der Waals surface area (Å²) in [5.41, 5.74) is 1.36. The van der Waals surface area contributed by atoms with Crippen LogP contribution in [-0.4, -0.2) is 19.1 Å². The summed E-state index contributed by atoms with van der Waals surface area (Å²) < 4.78 is 7.11. The quantitative estimate of drug-likeness (QED) is 0.825. The van der Waals surface area contributed by atoms with Crippen LogP contribution in [-0.2, 0) is 16.0 Å². The maximum absolute atomic E-state index is 12.0. The Morgan fingerprint density at radius 2 is 2.39 bits per heavy atom. The molecule has 0 aromatic carbocycles. The molecule has 2 heterocycles. The predicted molar refractivity (Wildman–Crippen MR) is 77.6 cm³/mol. The highest BCUT2D eigenvalue weighted by Crippen LogP contribution is 2.75. The van der Waals surface area contributed by atoms with Crippen molar-refractivity contribution < 1.29 is 9.53 Å². The average Bonchev–Trinajstić information content (AvgIpc) is 3.15. The summed E-state index contributed by atoms with van der Waals surface area (Å²) in [6, 6.07) is 2.20. The number of carbonyl (C=O) groups excluding carboxylic acids is 1. The van der Waals surface area contributed by atoms with Crippen molar-refractivity contribution in [1.82, 2.24) is 5.32 Å². The van der Waals surface area contributed by atoms with Crippen LogP contribution in [0.5, 0.6) is 0 Å². The summed E-state index contributed by atoms with van der Waals surface area (Å²) in [7, 11) is 0. The Labute approximate surface area is 123 Å². The molecule has 1 unspecified atom stereocenters. The van der Waals surface area contributed by atoms with Gasteiger partial charge in [0.2, 0.25) is 5.91 Å². The first-order valence-corrected chi connectivity index (χ1v) is 8.26. The predicted octanol–water partition coefficient (Wildman–Crippen LogP) is 2.49. The number of hydrogen-bond donors (Lipinski definition) is 1. The lowest BCUT2D eigenvalue weighted by Gasteiger charge is -2.23. The molecule has 1 aromatic rings. The van der Waals surface area contributed by atoms with Crippen LogP contribution in [0.3, 0.4) is 0 Å². The Bertz CT molecular complexity index is 521. The first-order valence-electron chi connectivity index (χ1n) is 6.37. The second-order valence-electron chi connectivity index (χ2n) is 5.51. The number of ether oxygens (including phenoxy) is 1. The Hall–Kier alpha value is -0.140. The molecule has 1 aromatic heterocycles. The smallest absolute Gasteiger partial charge is 0.226 e. The van der Waals surface area contributed by atoms with Crippen LogP contribution in [0.15, 0.2) is 6.07 Å². The maximum Gasteiger partial charge on any atom is 0.226 e. The van der Waals surface area contributed by atoms with Crippen molar-refractivity contribution in [1.29, 1.82) is 0 Å². The largest absolute Gasteiger partial charge is 0.371 e. The molecule has 4 rings (SSSR count). The number of rotatable bonds is 3. The number of fused-ring (bicyclic) bond motifs is 2. The molecule has 0 bridgehead atoms. The van der Waals surface area contributed by atoms with Crippen molar-refractivity contribution in [2.75, 3.05) is 13.2 Å². The molecule has 1 N–H and O–H groups in total. The summed E-state index contributed by atoms with van der Waals surface area (Å²) in [5, 5.41) is 3.08. The molecule has 0 radical (unpaired) electrons. The fraction of sp³-hybridized carbons (Fsp3) is 0.615. The van der Waals surface area contributed by atoms with Crippen LogP contribution in [0.4, 0.5) is 0 Å². The van der Waals surface area contributed by atoms with Crippen molar-refractivity contribution in [3.63, 3.8) is 0 Å². The lowest BCUT2D eigenvalue weighted by Crippen LogP contribution is -2.34. The monoisotopic (exact) mass is 375 g/mol. The molecular weight excluding hydrogens is 361 g/mol. The zero-order valence-electron chi connectivity index (χ0n) is 9.87. The third-order valence-corrected chi connectivity index (χ3v) is 6.36. The Balaban J connectivity index is 1.44. The van der Waals surface area contributed by atoms with Gasteiger partial charge in [0.15, 0.2) is 0 Å². The Morgan fingerprint density at radius 1 is 1.61 bits per heavy atom. The fourth-order valence-electron chi connectivity index (χ4n) is 2.86. The van der Waals surface area contributed by atoms with E-state index in [1.165, 1.54) is 13.3 Å². The van der Waals surface area contributed by atoms with Gasteiger partial charge in [-0.1, -0.05) is 0 Å². The van der Waals surface area contributed by atoms with E-state index in [2.05, 4.69) is 34.0 Å². The SMILES string of the molecule is O=C(NCC1OCCc2sc(I)cc21)C12CC1C2. The molecule has 2 fully saturated rings. The molecule has 5 heteroatoms. The van der Waals surface area contributed by atoms with E-state index < -0.39 is 0 Å². The summed E-state index contributed by atoms with van der Waals surface area (Å²) in [5.74, 6) is 0.968. The van der Waals surface area contributed by atoms with E-state index in [9.17, 15) is 4.79 Å². The van der Waals surface area contributed by atoms with E-state index in [1.54, 1.807) is 0 Å². The van der Waals surface area contributed by atoms with Gasteiger partial charge in [-0.2, -0.15) is 0 Å². The van der Waals surface area contributed by atoms with Crippen LogP contribution in [0.1, 0.15) is 29.4 Å². The van der Waals surface area contributed by atoms with E-state index in [0.29, 0.717) is 12.5 Å². The minimum atomic E-state index is 0.0600. The third kappa shape index (κ3) is 1.74. The summed E-state index contributed by atoms with van der Waals surface area (Å²) >= 11 is 4.21. The van der Waals surface area contributed by atoms with Crippen molar-refractivity contribution in [2.45, 2.75) is 25.4 Å². The first-order chi connectivity index (χ1) is 8.69. The molecule has 1 aliphatic heterocycles. The molecule has 96 valence electrons. The van der Waals surface area contributed by atoms with Crippen LogP contribution >= 0.6 is 33.9 Å². The summed E-state index contributed by atoms with van der Waals surface area (Å²) in [4.78, 5) is 13.4. The van der Waals surface area contributed by atoms with Crippen molar-refractivity contribution >= 4 is 39.8 Å². The number of amides is 1. The second-order valence-corrected chi connectivity index (χ2v) is 8.54. The zero-order chi connectivity index (χ0) is 12.3. The number of thiophene rings is 1. The molecule has 3 aliphatic rings. The van der Waals surface area contributed by atoms with E-state index >= 15 is 0 Å². The molecule has 2 aliphatic carbocycles. The van der Waals surface area contributed by atoms with Gasteiger partial charge in [-0.25, -0.2) is 0 Å². The molecule has 1 amide bonds. The van der Waals surface area contributed by atoms with Gasteiger partial charge in [0.05, 0.1) is 14.9 Å². The van der Waals surface area contributed by atoms with Crippen LogP contribution < -0.4 is 5.32 Å². The van der Waals surface area contributed by atoms with Crippen LogP contribution in [0.2, 0.25) is 0 Å².